The van der Waals surface area contributed by atoms with E-state index in [-0.39, 0.29) is 6.04 Å². The highest BCUT2D eigenvalue weighted by Crippen LogP contribution is 2.16. The third-order valence-corrected chi connectivity index (χ3v) is 3.43. The van der Waals surface area contributed by atoms with Gasteiger partial charge >= 0.3 is 0 Å². The van der Waals surface area contributed by atoms with Crippen LogP contribution in [0.1, 0.15) is 46.0 Å². The number of hydrogen-bond acceptors (Lipinski definition) is 2. The molecule has 0 aromatic carbocycles. The summed E-state index contributed by atoms with van der Waals surface area (Å²) in [5, 5.41) is 0. The second kappa shape index (κ2) is 6.11. The monoisotopic (exact) mass is 212 g/mol. The van der Waals surface area contributed by atoms with E-state index in [4.69, 9.17) is 5.73 Å². The zero-order valence-electron chi connectivity index (χ0n) is 10.0. The van der Waals surface area contributed by atoms with Gasteiger partial charge in [0.1, 0.15) is 0 Å². The Hall–Kier alpha value is -0.570. The largest absolute Gasteiger partial charge is 0.341 e. The van der Waals surface area contributed by atoms with Gasteiger partial charge in [0.05, 0.1) is 0 Å². The van der Waals surface area contributed by atoms with Crippen molar-refractivity contribution in [1.29, 1.82) is 0 Å². The number of carbonyl (C=O) groups excluding carboxylic acids is 1. The molecule has 1 amide bonds. The first kappa shape index (κ1) is 12.5. The molecule has 3 heteroatoms. The van der Waals surface area contributed by atoms with E-state index in [1.807, 2.05) is 4.90 Å². The number of nitrogens with zero attached hydrogens (tertiary/aromatic N) is 1. The lowest BCUT2D eigenvalue weighted by atomic mass is 9.97. The van der Waals surface area contributed by atoms with Gasteiger partial charge in [0.2, 0.25) is 5.91 Å². The number of amides is 1. The second-order valence-electron chi connectivity index (χ2n) is 4.63. The number of carbonyl (C=O) groups is 1. The van der Waals surface area contributed by atoms with Crippen molar-refractivity contribution in [3.05, 3.63) is 0 Å². The normalized spacial score (nSPS) is 22.1. The summed E-state index contributed by atoms with van der Waals surface area (Å²) >= 11 is 0. The summed E-state index contributed by atoms with van der Waals surface area (Å²) < 4.78 is 0. The number of hydrogen-bond donors (Lipinski definition) is 1. The van der Waals surface area contributed by atoms with Crippen LogP contribution in [-0.2, 0) is 4.79 Å². The molecule has 1 aliphatic heterocycles. The highest BCUT2D eigenvalue weighted by Gasteiger charge is 2.22. The van der Waals surface area contributed by atoms with Crippen molar-refractivity contribution < 1.29 is 4.79 Å². The van der Waals surface area contributed by atoms with Gasteiger partial charge in [0.15, 0.2) is 0 Å². The van der Waals surface area contributed by atoms with Gasteiger partial charge in [-0.1, -0.05) is 26.7 Å². The van der Waals surface area contributed by atoms with Gasteiger partial charge in [-0.2, -0.15) is 0 Å². The standard InChI is InChI=1S/C12H24N2O/c1-3-10(4-2)8-12(15)14-7-5-6-11(13)9-14/h10-11H,3-9,13H2,1-2H3. The van der Waals surface area contributed by atoms with Gasteiger partial charge in [0.25, 0.3) is 0 Å². The maximum absolute atomic E-state index is 11.9. The Morgan fingerprint density at radius 2 is 2.13 bits per heavy atom. The third kappa shape index (κ3) is 3.82. The Balaban J connectivity index is 2.38. The van der Waals surface area contributed by atoms with Crippen LogP contribution in [0.5, 0.6) is 0 Å². The van der Waals surface area contributed by atoms with Crippen LogP contribution in [0, 0.1) is 5.92 Å². The van der Waals surface area contributed by atoms with E-state index >= 15 is 0 Å². The summed E-state index contributed by atoms with van der Waals surface area (Å²) in [6, 6.07) is 0.199. The molecule has 15 heavy (non-hydrogen) atoms. The highest BCUT2D eigenvalue weighted by atomic mass is 16.2. The molecule has 0 radical (unpaired) electrons. The van der Waals surface area contributed by atoms with Gasteiger partial charge in [-0.05, 0) is 18.8 Å². The maximum atomic E-state index is 11.9. The molecule has 1 unspecified atom stereocenters. The van der Waals surface area contributed by atoms with E-state index in [1.165, 1.54) is 0 Å². The average Bonchev–Trinajstić information content (AvgIpc) is 2.25. The quantitative estimate of drug-likeness (QED) is 0.772. The van der Waals surface area contributed by atoms with Gasteiger partial charge < -0.3 is 10.6 Å². The molecule has 0 aliphatic carbocycles. The zero-order valence-corrected chi connectivity index (χ0v) is 10.0. The van der Waals surface area contributed by atoms with Crippen LogP contribution >= 0.6 is 0 Å². The highest BCUT2D eigenvalue weighted by molar-refractivity contribution is 5.76. The SMILES string of the molecule is CCC(CC)CC(=O)N1CCCC(N)C1. The van der Waals surface area contributed by atoms with Crippen molar-refractivity contribution in [2.75, 3.05) is 13.1 Å². The minimum atomic E-state index is 0.199. The fourth-order valence-corrected chi connectivity index (χ4v) is 2.19. The van der Waals surface area contributed by atoms with Crippen LogP contribution in [0.3, 0.4) is 0 Å². The Kier molecular flexibility index (Phi) is 5.09. The number of piperidine rings is 1. The molecule has 88 valence electrons. The molecule has 0 spiro atoms. The van der Waals surface area contributed by atoms with Crippen molar-refractivity contribution in [3.8, 4) is 0 Å². The lowest BCUT2D eigenvalue weighted by Gasteiger charge is -2.31. The Morgan fingerprint density at radius 3 is 2.67 bits per heavy atom. The molecule has 1 saturated heterocycles. The van der Waals surface area contributed by atoms with Crippen LogP contribution < -0.4 is 5.73 Å². The molecule has 1 atom stereocenters. The minimum Gasteiger partial charge on any atom is -0.341 e. The molecule has 1 aliphatic rings. The Labute approximate surface area is 93.0 Å². The molecule has 0 bridgehead atoms. The van der Waals surface area contributed by atoms with Crippen molar-refractivity contribution in [2.45, 2.75) is 52.0 Å². The molecule has 3 nitrogen and oxygen atoms in total. The molecule has 0 aromatic rings. The summed E-state index contributed by atoms with van der Waals surface area (Å²) in [7, 11) is 0. The molecule has 0 saturated carbocycles. The first-order valence-corrected chi connectivity index (χ1v) is 6.20. The average molecular weight is 212 g/mol. The molecular weight excluding hydrogens is 188 g/mol. The van der Waals surface area contributed by atoms with Crippen molar-refractivity contribution in [3.63, 3.8) is 0 Å². The first-order valence-electron chi connectivity index (χ1n) is 6.20. The van der Waals surface area contributed by atoms with Gasteiger partial charge in [0, 0.05) is 25.6 Å². The molecule has 2 N–H and O–H groups in total. The molecule has 1 rings (SSSR count). The number of likely N-dealkylation sites (tertiary alicyclic amines) is 1. The van der Waals surface area contributed by atoms with Gasteiger partial charge in [-0.15, -0.1) is 0 Å². The van der Waals surface area contributed by atoms with E-state index in [1.54, 1.807) is 0 Å². The topological polar surface area (TPSA) is 46.3 Å². The summed E-state index contributed by atoms with van der Waals surface area (Å²) in [4.78, 5) is 13.9. The lowest BCUT2D eigenvalue weighted by Crippen LogP contribution is -2.46. The van der Waals surface area contributed by atoms with E-state index in [0.29, 0.717) is 18.2 Å². The van der Waals surface area contributed by atoms with Crippen molar-refractivity contribution in [1.82, 2.24) is 4.90 Å². The smallest absolute Gasteiger partial charge is 0.222 e. The Bertz CT molecular complexity index is 202. The molecule has 1 fully saturated rings. The predicted molar refractivity (Wildman–Crippen MR) is 62.5 cm³/mol. The molecule has 0 aromatic heterocycles. The van der Waals surface area contributed by atoms with Crippen LogP contribution in [0.4, 0.5) is 0 Å². The molecule has 1 heterocycles. The zero-order chi connectivity index (χ0) is 11.3. The second-order valence-corrected chi connectivity index (χ2v) is 4.63. The summed E-state index contributed by atoms with van der Waals surface area (Å²) in [5.41, 5.74) is 5.86. The lowest BCUT2D eigenvalue weighted by molar-refractivity contribution is -0.133. The van der Waals surface area contributed by atoms with Gasteiger partial charge in [-0.3, -0.25) is 4.79 Å². The van der Waals surface area contributed by atoms with Crippen molar-refractivity contribution >= 4 is 5.91 Å². The van der Waals surface area contributed by atoms with E-state index in [9.17, 15) is 4.79 Å². The first-order chi connectivity index (χ1) is 7.17. The Morgan fingerprint density at radius 1 is 1.47 bits per heavy atom. The number of nitrogens with two attached hydrogens (primary N) is 1. The maximum Gasteiger partial charge on any atom is 0.222 e. The van der Waals surface area contributed by atoms with Crippen LogP contribution in [0.25, 0.3) is 0 Å². The predicted octanol–water partition coefficient (Wildman–Crippen LogP) is 1.76. The fraction of sp³-hybridized carbons (Fsp3) is 0.917. The van der Waals surface area contributed by atoms with Gasteiger partial charge in [-0.25, -0.2) is 0 Å². The van der Waals surface area contributed by atoms with E-state index < -0.39 is 0 Å². The summed E-state index contributed by atoms with van der Waals surface area (Å²) in [5.74, 6) is 0.856. The van der Waals surface area contributed by atoms with E-state index in [2.05, 4.69) is 13.8 Å². The molecular formula is C12H24N2O. The van der Waals surface area contributed by atoms with E-state index in [0.717, 1.165) is 38.8 Å². The summed E-state index contributed by atoms with van der Waals surface area (Å²) in [6.07, 6.45) is 5.04. The van der Waals surface area contributed by atoms with Crippen LogP contribution in [0.2, 0.25) is 0 Å². The fourth-order valence-electron chi connectivity index (χ4n) is 2.19. The van der Waals surface area contributed by atoms with Crippen molar-refractivity contribution in [2.24, 2.45) is 11.7 Å². The van der Waals surface area contributed by atoms with Crippen LogP contribution in [0.15, 0.2) is 0 Å². The summed E-state index contributed by atoms with van der Waals surface area (Å²) in [6.45, 7) is 5.98. The van der Waals surface area contributed by atoms with Crippen LogP contribution in [-0.4, -0.2) is 29.9 Å². The number of rotatable bonds is 4. The third-order valence-electron chi connectivity index (χ3n) is 3.43. The minimum absolute atomic E-state index is 0.199.